The van der Waals surface area contributed by atoms with Crippen LogP contribution < -0.4 is 5.73 Å². The van der Waals surface area contributed by atoms with E-state index in [9.17, 15) is 0 Å². The molecule has 1 atom stereocenters. The Bertz CT molecular complexity index is 146. The first-order chi connectivity index (χ1) is 6.72. The third-order valence-electron chi connectivity index (χ3n) is 3.17. The van der Waals surface area contributed by atoms with Crippen molar-refractivity contribution >= 4 is 0 Å². The Balaban J connectivity index is 2.04. The Morgan fingerprint density at radius 1 is 1.43 bits per heavy atom. The van der Waals surface area contributed by atoms with Gasteiger partial charge in [-0.1, -0.05) is 25.7 Å². The molecule has 0 heterocycles. The first-order valence-electron chi connectivity index (χ1n) is 5.77. The number of aliphatic hydroxyl groups is 1. The Kier molecular flexibility index (Phi) is 5.45. The minimum absolute atomic E-state index is 0.0800. The molecule has 0 spiro atoms. The van der Waals surface area contributed by atoms with Crippen molar-refractivity contribution in [2.45, 2.75) is 38.1 Å². The summed E-state index contributed by atoms with van der Waals surface area (Å²) >= 11 is 0. The molecule has 14 heavy (non-hydrogen) atoms. The summed E-state index contributed by atoms with van der Waals surface area (Å²) in [4.78, 5) is 2.24. The number of nitrogens with two attached hydrogens (primary N) is 1. The van der Waals surface area contributed by atoms with E-state index < -0.39 is 0 Å². The summed E-state index contributed by atoms with van der Waals surface area (Å²) < 4.78 is 0. The summed E-state index contributed by atoms with van der Waals surface area (Å²) in [6.07, 6.45) is 6.98. The molecule has 0 aromatic rings. The fraction of sp³-hybridized carbons (Fsp3) is 1.00. The van der Waals surface area contributed by atoms with E-state index in [0.717, 1.165) is 19.0 Å². The fourth-order valence-corrected chi connectivity index (χ4v) is 2.25. The van der Waals surface area contributed by atoms with Gasteiger partial charge in [-0.05, 0) is 25.9 Å². The van der Waals surface area contributed by atoms with E-state index in [-0.39, 0.29) is 12.6 Å². The molecule has 1 rings (SSSR count). The lowest BCUT2D eigenvalue weighted by atomic mass is 10.0. The summed E-state index contributed by atoms with van der Waals surface area (Å²) in [6, 6.07) is -0.0800. The average Bonchev–Trinajstić information content (AvgIpc) is 2.67. The van der Waals surface area contributed by atoms with E-state index >= 15 is 0 Å². The van der Waals surface area contributed by atoms with Crippen molar-refractivity contribution in [3.8, 4) is 0 Å². The van der Waals surface area contributed by atoms with Gasteiger partial charge in [-0.3, -0.25) is 0 Å². The Hall–Kier alpha value is -0.120. The van der Waals surface area contributed by atoms with Crippen LogP contribution in [0.4, 0.5) is 0 Å². The van der Waals surface area contributed by atoms with Crippen molar-refractivity contribution in [1.29, 1.82) is 0 Å². The highest BCUT2D eigenvalue weighted by Gasteiger charge is 2.15. The minimum atomic E-state index is -0.0800. The van der Waals surface area contributed by atoms with Gasteiger partial charge in [0.1, 0.15) is 0 Å². The molecule has 0 amide bonds. The molecule has 84 valence electrons. The van der Waals surface area contributed by atoms with E-state index in [4.69, 9.17) is 10.8 Å². The van der Waals surface area contributed by atoms with E-state index in [1.165, 1.54) is 32.1 Å². The number of hydrogen-bond donors (Lipinski definition) is 2. The molecular formula is C11H24N2O. The van der Waals surface area contributed by atoms with Crippen LogP contribution in [-0.4, -0.2) is 42.8 Å². The van der Waals surface area contributed by atoms with Gasteiger partial charge in [-0.2, -0.15) is 0 Å². The van der Waals surface area contributed by atoms with E-state index in [2.05, 4.69) is 11.9 Å². The van der Waals surface area contributed by atoms with Crippen molar-refractivity contribution in [2.75, 3.05) is 26.7 Å². The second-order valence-corrected chi connectivity index (χ2v) is 4.64. The molecule has 1 aliphatic carbocycles. The van der Waals surface area contributed by atoms with Gasteiger partial charge >= 0.3 is 0 Å². The summed E-state index contributed by atoms with van der Waals surface area (Å²) in [6.45, 7) is 2.02. The zero-order valence-electron chi connectivity index (χ0n) is 9.28. The van der Waals surface area contributed by atoms with Crippen LogP contribution in [0.5, 0.6) is 0 Å². The van der Waals surface area contributed by atoms with Gasteiger partial charge in [0.2, 0.25) is 0 Å². The van der Waals surface area contributed by atoms with Crippen LogP contribution in [0.25, 0.3) is 0 Å². The second kappa shape index (κ2) is 6.38. The van der Waals surface area contributed by atoms with Gasteiger partial charge in [0.05, 0.1) is 6.61 Å². The molecule has 0 aliphatic heterocycles. The molecule has 1 aliphatic rings. The lowest BCUT2D eigenvalue weighted by molar-refractivity contribution is 0.215. The van der Waals surface area contributed by atoms with Crippen LogP contribution in [0, 0.1) is 5.92 Å². The zero-order chi connectivity index (χ0) is 10.4. The molecule has 3 nitrogen and oxygen atoms in total. The van der Waals surface area contributed by atoms with Crippen LogP contribution in [-0.2, 0) is 0 Å². The van der Waals surface area contributed by atoms with Crippen LogP contribution in [0.2, 0.25) is 0 Å². The molecule has 3 N–H and O–H groups in total. The normalized spacial score (nSPS) is 20.6. The topological polar surface area (TPSA) is 49.5 Å². The number of nitrogens with zero attached hydrogens (tertiary/aromatic N) is 1. The largest absolute Gasteiger partial charge is 0.395 e. The quantitative estimate of drug-likeness (QED) is 0.667. The average molecular weight is 200 g/mol. The number of likely N-dealkylation sites (N-methyl/N-ethyl adjacent to an activating group) is 1. The van der Waals surface area contributed by atoms with E-state index in [0.29, 0.717) is 0 Å². The highest BCUT2D eigenvalue weighted by atomic mass is 16.3. The molecule has 0 bridgehead atoms. The van der Waals surface area contributed by atoms with Crippen molar-refractivity contribution in [3.05, 3.63) is 0 Å². The third kappa shape index (κ3) is 4.40. The van der Waals surface area contributed by atoms with Crippen LogP contribution in [0.1, 0.15) is 32.1 Å². The molecular weight excluding hydrogens is 176 g/mol. The zero-order valence-corrected chi connectivity index (χ0v) is 9.28. The molecule has 0 aromatic carbocycles. The summed E-state index contributed by atoms with van der Waals surface area (Å²) in [5.41, 5.74) is 5.67. The van der Waals surface area contributed by atoms with Crippen molar-refractivity contribution in [1.82, 2.24) is 4.90 Å². The SMILES string of the molecule is CN(CCC1CCCC1)CC(N)CO. The first-order valence-corrected chi connectivity index (χ1v) is 5.77. The van der Waals surface area contributed by atoms with Gasteiger partial charge in [0.15, 0.2) is 0 Å². The number of rotatable bonds is 6. The number of hydrogen-bond acceptors (Lipinski definition) is 3. The monoisotopic (exact) mass is 200 g/mol. The van der Waals surface area contributed by atoms with Gasteiger partial charge in [-0.15, -0.1) is 0 Å². The Morgan fingerprint density at radius 2 is 2.07 bits per heavy atom. The standard InChI is InChI=1S/C11H24N2O/c1-13(8-11(12)9-14)7-6-10-4-2-3-5-10/h10-11,14H,2-9,12H2,1H3. The van der Waals surface area contributed by atoms with E-state index in [1.54, 1.807) is 0 Å². The third-order valence-corrected chi connectivity index (χ3v) is 3.17. The summed E-state index contributed by atoms with van der Waals surface area (Å²) in [5, 5.41) is 8.81. The van der Waals surface area contributed by atoms with E-state index in [1.807, 2.05) is 0 Å². The number of aliphatic hydroxyl groups excluding tert-OH is 1. The van der Waals surface area contributed by atoms with Crippen LogP contribution >= 0.6 is 0 Å². The molecule has 0 radical (unpaired) electrons. The molecule has 1 fully saturated rings. The second-order valence-electron chi connectivity index (χ2n) is 4.64. The molecule has 1 unspecified atom stereocenters. The molecule has 3 heteroatoms. The van der Waals surface area contributed by atoms with Crippen LogP contribution in [0.15, 0.2) is 0 Å². The van der Waals surface area contributed by atoms with Crippen LogP contribution in [0.3, 0.4) is 0 Å². The van der Waals surface area contributed by atoms with Crippen molar-refractivity contribution < 1.29 is 5.11 Å². The minimum Gasteiger partial charge on any atom is -0.395 e. The first kappa shape index (κ1) is 12.0. The van der Waals surface area contributed by atoms with Crippen molar-refractivity contribution in [2.24, 2.45) is 11.7 Å². The fourth-order valence-electron chi connectivity index (χ4n) is 2.25. The van der Waals surface area contributed by atoms with Gasteiger partial charge in [0, 0.05) is 12.6 Å². The molecule has 0 aromatic heterocycles. The lowest BCUT2D eigenvalue weighted by Gasteiger charge is -2.21. The molecule has 0 saturated heterocycles. The molecule has 1 saturated carbocycles. The summed E-state index contributed by atoms with van der Waals surface area (Å²) in [5.74, 6) is 0.947. The predicted molar refractivity (Wildman–Crippen MR) is 59.1 cm³/mol. The highest BCUT2D eigenvalue weighted by molar-refractivity contribution is 4.70. The van der Waals surface area contributed by atoms with Gasteiger partial charge in [-0.25, -0.2) is 0 Å². The maximum Gasteiger partial charge on any atom is 0.0595 e. The highest BCUT2D eigenvalue weighted by Crippen LogP contribution is 2.27. The Labute approximate surface area is 87.3 Å². The lowest BCUT2D eigenvalue weighted by Crippen LogP contribution is -2.38. The predicted octanol–water partition coefficient (Wildman–Crippen LogP) is 0.818. The maximum absolute atomic E-state index is 8.81. The van der Waals surface area contributed by atoms with Gasteiger partial charge < -0.3 is 15.7 Å². The summed E-state index contributed by atoms with van der Waals surface area (Å²) in [7, 11) is 2.09. The smallest absolute Gasteiger partial charge is 0.0595 e. The van der Waals surface area contributed by atoms with Gasteiger partial charge in [0.25, 0.3) is 0 Å². The van der Waals surface area contributed by atoms with Crippen molar-refractivity contribution in [3.63, 3.8) is 0 Å². The Morgan fingerprint density at radius 3 is 2.64 bits per heavy atom. The maximum atomic E-state index is 8.81.